The number of hydrogen-bond donors (Lipinski definition) is 1. The zero-order valence-corrected chi connectivity index (χ0v) is 10.4. The zero-order chi connectivity index (χ0) is 15.3. The molecule has 112 valence electrons. The van der Waals surface area contributed by atoms with Gasteiger partial charge < -0.3 is 10.1 Å². The van der Waals surface area contributed by atoms with Crippen molar-refractivity contribution in [1.29, 1.82) is 0 Å². The summed E-state index contributed by atoms with van der Waals surface area (Å²) in [5.41, 5.74) is -1.25. The lowest BCUT2D eigenvalue weighted by molar-refractivity contribution is -0.165. The van der Waals surface area contributed by atoms with Crippen LogP contribution in [0.2, 0.25) is 0 Å². The second-order valence-corrected chi connectivity index (χ2v) is 3.81. The zero-order valence-electron chi connectivity index (χ0n) is 10.4. The highest BCUT2D eigenvalue weighted by atomic mass is 19.4. The van der Waals surface area contributed by atoms with Gasteiger partial charge in [0.25, 0.3) is 0 Å². The highest BCUT2D eigenvalue weighted by molar-refractivity contribution is 5.77. The molecule has 0 aliphatic rings. The molecule has 1 atom stereocenters. The summed E-state index contributed by atoms with van der Waals surface area (Å²) in [6.07, 6.45) is -5.04. The van der Waals surface area contributed by atoms with E-state index in [1.165, 1.54) is 5.32 Å². The lowest BCUT2D eigenvalue weighted by Gasteiger charge is -2.22. The molecule has 1 rings (SSSR count). The highest BCUT2D eigenvalue weighted by Gasteiger charge is 2.44. The van der Waals surface area contributed by atoms with E-state index in [0.717, 1.165) is 6.07 Å². The smallest absolute Gasteiger partial charge is 0.372 e. The first-order chi connectivity index (χ1) is 9.27. The maximum absolute atomic E-state index is 13.4. The molecule has 1 aromatic rings. The molecule has 3 nitrogen and oxygen atoms in total. The molecule has 0 aliphatic heterocycles. The maximum Gasteiger partial charge on any atom is 0.413 e. The third-order valence-electron chi connectivity index (χ3n) is 2.36. The summed E-state index contributed by atoms with van der Waals surface area (Å²) in [6, 6.07) is -0.460. The van der Waals surface area contributed by atoms with E-state index >= 15 is 0 Å². The molecule has 1 amide bonds. The third-order valence-corrected chi connectivity index (χ3v) is 2.36. The number of hydrogen-bond acceptors (Lipinski definition) is 2. The molecule has 20 heavy (non-hydrogen) atoms. The van der Waals surface area contributed by atoms with Crippen LogP contribution in [-0.4, -0.2) is 25.3 Å². The number of carbonyl (C=O) groups excluding carboxylic acids is 1. The van der Waals surface area contributed by atoms with Gasteiger partial charge in [0.15, 0.2) is 6.04 Å². The van der Waals surface area contributed by atoms with Crippen molar-refractivity contribution in [2.45, 2.75) is 19.1 Å². The Morgan fingerprint density at radius 2 is 1.85 bits per heavy atom. The third kappa shape index (κ3) is 4.16. The van der Waals surface area contributed by atoms with Gasteiger partial charge in [-0.25, -0.2) is 8.78 Å². The van der Waals surface area contributed by atoms with Crippen molar-refractivity contribution < 1.29 is 31.5 Å². The van der Waals surface area contributed by atoms with Crippen molar-refractivity contribution in [3.63, 3.8) is 0 Å². The van der Waals surface area contributed by atoms with Crippen molar-refractivity contribution in [2.75, 3.05) is 13.2 Å². The van der Waals surface area contributed by atoms with Crippen LogP contribution >= 0.6 is 0 Å². The Hall–Kier alpha value is -1.70. The minimum absolute atomic E-state index is 0.123. The van der Waals surface area contributed by atoms with Gasteiger partial charge in [-0.2, -0.15) is 13.2 Å². The van der Waals surface area contributed by atoms with Gasteiger partial charge in [-0.15, -0.1) is 0 Å². The van der Waals surface area contributed by atoms with E-state index in [-0.39, 0.29) is 6.61 Å². The molecule has 1 aromatic carbocycles. The van der Waals surface area contributed by atoms with Crippen LogP contribution in [0.15, 0.2) is 18.2 Å². The van der Waals surface area contributed by atoms with E-state index in [1.807, 2.05) is 0 Å². The summed E-state index contributed by atoms with van der Waals surface area (Å²) in [4.78, 5) is 11.3. The van der Waals surface area contributed by atoms with E-state index in [1.54, 1.807) is 6.92 Å². The van der Waals surface area contributed by atoms with Crippen LogP contribution in [0.25, 0.3) is 0 Å². The highest BCUT2D eigenvalue weighted by Crippen LogP contribution is 2.35. The Labute approximate surface area is 111 Å². The summed E-state index contributed by atoms with van der Waals surface area (Å²) >= 11 is 0. The van der Waals surface area contributed by atoms with Crippen molar-refractivity contribution in [1.82, 2.24) is 5.32 Å². The van der Waals surface area contributed by atoms with E-state index in [4.69, 9.17) is 0 Å². The molecule has 0 unspecified atom stereocenters. The van der Waals surface area contributed by atoms with Crippen LogP contribution in [0.4, 0.5) is 22.0 Å². The average molecular weight is 297 g/mol. The minimum atomic E-state index is -5.04. The minimum Gasteiger partial charge on any atom is -0.372 e. The molecule has 0 saturated carbocycles. The van der Waals surface area contributed by atoms with E-state index < -0.39 is 41.9 Å². The van der Waals surface area contributed by atoms with E-state index in [9.17, 15) is 26.7 Å². The van der Waals surface area contributed by atoms with E-state index in [2.05, 4.69) is 4.74 Å². The fraction of sp³-hybridized carbons (Fsp3) is 0.417. The summed E-state index contributed by atoms with van der Waals surface area (Å²) in [5.74, 6) is -3.88. The van der Waals surface area contributed by atoms with Crippen molar-refractivity contribution in [2.24, 2.45) is 0 Å². The topological polar surface area (TPSA) is 38.3 Å². The standard InChI is InChI=1S/C12H12F5NO2/c1-2-20-6-9(19)18-11(12(15,16)17)10-7(13)4-3-5-8(10)14/h3-5,11H,2,6H2,1H3,(H,18,19)/t11-/m0/s1. The summed E-state index contributed by atoms with van der Waals surface area (Å²) in [6.45, 7) is 1.04. The Morgan fingerprint density at radius 3 is 2.30 bits per heavy atom. The molecule has 0 fully saturated rings. The molecule has 0 bridgehead atoms. The predicted octanol–water partition coefficient (Wildman–Crippen LogP) is 2.72. The SMILES string of the molecule is CCOCC(=O)N[C@@H](c1c(F)cccc1F)C(F)(F)F. The van der Waals surface area contributed by atoms with Crippen molar-refractivity contribution in [3.8, 4) is 0 Å². The van der Waals surface area contributed by atoms with Gasteiger partial charge in [0.05, 0.1) is 5.56 Å². The Morgan fingerprint density at radius 1 is 1.30 bits per heavy atom. The molecular formula is C12H12F5NO2. The van der Waals surface area contributed by atoms with Crippen molar-refractivity contribution >= 4 is 5.91 Å². The number of alkyl halides is 3. The van der Waals surface area contributed by atoms with Crippen LogP contribution in [0, 0.1) is 11.6 Å². The first-order valence-electron chi connectivity index (χ1n) is 5.65. The second kappa shape index (κ2) is 6.65. The van der Waals surface area contributed by atoms with Gasteiger partial charge >= 0.3 is 6.18 Å². The second-order valence-electron chi connectivity index (χ2n) is 3.81. The molecule has 0 aliphatic carbocycles. The molecule has 1 N–H and O–H groups in total. The summed E-state index contributed by atoms with van der Waals surface area (Å²) in [7, 11) is 0. The largest absolute Gasteiger partial charge is 0.413 e. The number of ether oxygens (including phenoxy) is 1. The molecule has 0 aromatic heterocycles. The molecule has 0 radical (unpaired) electrons. The first kappa shape index (κ1) is 16.4. The van der Waals surface area contributed by atoms with Gasteiger partial charge in [0.2, 0.25) is 5.91 Å². The molecule has 0 spiro atoms. The summed E-state index contributed by atoms with van der Waals surface area (Å²) in [5, 5.41) is 1.52. The van der Waals surface area contributed by atoms with Crippen LogP contribution in [0.5, 0.6) is 0 Å². The maximum atomic E-state index is 13.4. The first-order valence-corrected chi connectivity index (χ1v) is 5.65. The molecule has 0 saturated heterocycles. The average Bonchev–Trinajstić information content (AvgIpc) is 2.33. The van der Waals surface area contributed by atoms with Gasteiger partial charge in [-0.1, -0.05) is 6.07 Å². The Bertz CT molecular complexity index is 455. The van der Waals surface area contributed by atoms with Gasteiger partial charge in [-0.05, 0) is 19.1 Å². The lowest BCUT2D eigenvalue weighted by Crippen LogP contribution is -2.40. The Kier molecular flexibility index (Phi) is 5.43. The molecule has 8 heteroatoms. The number of rotatable bonds is 5. The predicted molar refractivity (Wildman–Crippen MR) is 59.8 cm³/mol. The molecule has 0 heterocycles. The van der Waals surface area contributed by atoms with Crippen LogP contribution in [0.1, 0.15) is 18.5 Å². The quantitative estimate of drug-likeness (QED) is 0.849. The van der Waals surface area contributed by atoms with Gasteiger partial charge in [0.1, 0.15) is 18.2 Å². The van der Waals surface area contributed by atoms with Crippen molar-refractivity contribution in [3.05, 3.63) is 35.4 Å². The fourth-order valence-electron chi connectivity index (χ4n) is 1.50. The monoisotopic (exact) mass is 297 g/mol. The number of carbonyl (C=O) groups is 1. The number of halogens is 5. The number of amides is 1. The Balaban J connectivity index is 3.05. The van der Waals surface area contributed by atoms with Gasteiger partial charge in [0, 0.05) is 6.61 Å². The lowest BCUT2D eigenvalue weighted by atomic mass is 10.0. The summed E-state index contributed by atoms with van der Waals surface area (Å²) < 4.78 is 70.0. The normalized spacial score (nSPS) is 13.1. The number of benzene rings is 1. The van der Waals surface area contributed by atoms with Crippen LogP contribution in [-0.2, 0) is 9.53 Å². The van der Waals surface area contributed by atoms with Crippen LogP contribution < -0.4 is 5.32 Å². The number of nitrogens with one attached hydrogen (secondary N) is 1. The van der Waals surface area contributed by atoms with Gasteiger partial charge in [-0.3, -0.25) is 4.79 Å². The molecular weight excluding hydrogens is 285 g/mol. The van der Waals surface area contributed by atoms with Crippen LogP contribution in [0.3, 0.4) is 0 Å². The van der Waals surface area contributed by atoms with E-state index in [0.29, 0.717) is 12.1 Å². The fourth-order valence-corrected chi connectivity index (χ4v) is 1.50.